The highest BCUT2D eigenvalue weighted by atomic mass is 32.2. The summed E-state index contributed by atoms with van der Waals surface area (Å²) in [6, 6.07) is 0.455. The number of ether oxygens (including phenoxy) is 1. The summed E-state index contributed by atoms with van der Waals surface area (Å²) >= 11 is 1.33. The second kappa shape index (κ2) is 6.12. The molecule has 0 spiro atoms. The predicted molar refractivity (Wildman–Crippen MR) is 81.5 cm³/mol. The van der Waals surface area contributed by atoms with Gasteiger partial charge in [-0.1, -0.05) is 0 Å². The van der Waals surface area contributed by atoms with E-state index in [0.717, 1.165) is 0 Å². The number of carbonyl (C=O) groups excluding carboxylic acids is 2. The van der Waals surface area contributed by atoms with Crippen molar-refractivity contribution in [3.8, 4) is 0 Å². The van der Waals surface area contributed by atoms with Gasteiger partial charge in [0.15, 0.2) is 0 Å². The van der Waals surface area contributed by atoms with Crippen molar-refractivity contribution < 1.29 is 18.7 Å². The Morgan fingerprint density at radius 1 is 1.55 bits per heavy atom. The predicted octanol–water partition coefficient (Wildman–Crippen LogP) is 2.18. The molecular formula is C14H18FN3O3S. The van der Waals surface area contributed by atoms with E-state index in [0.29, 0.717) is 16.3 Å². The Labute approximate surface area is 132 Å². The van der Waals surface area contributed by atoms with Crippen LogP contribution in [0.1, 0.15) is 20.8 Å². The van der Waals surface area contributed by atoms with E-state index in [1.54, 1.807) is 20.8 Å². The van der Waals surface area contributed by atoms with E-state index >= 15 is 0 Å². The summed E-state index contributed by atoms with van der Waals surface area (Å²) in [6.07, 6.45) is 0.727. The first kappa shape index (κ1) is 16.5. The van der Waals surface area contributed by atoms with Crippen LogP contribution in [0.4, 0.5) is 14.9 Å². The van der Waals surface area contributed by atoms with Crippen LogP contribution in [0.25, 0.3) is 0 Å². The Morgan fingerprint density at radius 3 is 2.86 bits per heavy atom. The number of rotatable bonds is 1. The third-order valence-electron chi connectivity index (χ3n) is 2.90. The molecule has 2 rings (SSSR count). The minimum Gasteiger partial charge on any atom is -0.444 e. The summed E-state index contributed by atoms with van der Waals surface area (Å²) in [5.41, 5.74) is -0.205. The first-order valence-corrected chi connectivity index (χ1v) is 7.71. The number of anilines is 1. The van der Waals surface area contributed by atoms with Crippen LogP contribution in [0.2, 0.25) is 0 Å². The molecule has 0 aliphatic carbocycles. The molecule has 0 bridgehead atoms. The Bertz CT molecular complexity index is 603. The van der Waals surface area contributed by atoms with E-state index in [9.17, 15) is 14.0 Å². The fourth-order valence-corrected chi connectivity index (χ4v) is 2.97. The van der Waals surface area contributed by atoms with Gasteiger partial charge in [-0.2, -0.15) is 4.39 Å². The number of carbonyl (C=O) groups is 2. The molecule has 6 nitrogen and oxygen atoms in total. The van der Waals surface area contributed by atoms with Gasteiger partial charge in [-0.25, -0.2) is 9.78 Å². The monoisotopic (exact) mass is 327 g/mol. The van der Waals surface area contributed by atoms with Crippen LogP contribution in [-0.2, 0) is 9.53 Å². The maximum Gasteiger partial charge on any atom is 0.408 e. The highest BCUT2D eigenvalue weighted by Crippen LogP contribution is 2.33. The Morgan fingerprint density at radius 2 is 2.23 bits per heavy atom. The first-order chi connectivity index (χ1) is 10.2. The molecule has 1 aliphatic heterocycles. The van der Waals surface area contributed by atoms with E-state index in [2.05, 4.69) is 10.3 Å². The third kappa shape index (κ3) is 3.88. The van der Waals surface area contributed by atoms with Crippen molar-refractivity contribution in [3.63, 3.8) is 0 Å². The zero-order valence-electron chi connectivity index (χ0n) is 12.8. The van der Waals surface area contributed by atoms with Crippen LogP contribution in [0.5, 0.6) is 0 Å². The van der Waals surface area contributed by atoms with Crippen LogP contribution in [0.15, 0.2) is 17.2 Å². The number of nitrogens with one attached hydrogen (secondary N) is 1. The number of hydrogen-bond donors (Lipinski definition) is 1. The van der Waals surface area contributed by atoms with Crippen molar-refractivity contribution in [1.82, 2.24) is 10.3 Å². The van der Waals surface area contributed by atoms with Crippen molar-refractivity contribution in [2.24, 2.45) is 0 Å². The largest absolute Gasteiger partial charge is 0.444 e. The SMILES string of the molecule is CN1C(=O)[C@@H](NC(=O)OC(C)(C)C)CSc2cnc(F)cc21. The molecule has 0 radical (unpaired) electrons. The molecule has 0 unspecified atom stereocenters. The topological polar surface area (TPSA) is 71.5 Å². The standard InChI is InChI=1S/C14H18FN3O3S/c1-14(2,3)21-13(20)17-8-7-22-10-6-16-11(15)5-9(10)18(4)12(8)19/h5-6,8H,7H2,1-4H3,(H,17,20)/t8-/m0/s1. The Hall–Kier alpha value is -1.83. The fraction of sp³-hybridized carbons (Fsp3) is 0.500. The van der Waals surface area contributed by atoms with Gasteiger partial charge < -0.3 is 15.0 Å². The van der Waals surface area contributed by atoms with Crippen LogP contribution in [-0.4, -0.2) is 41.4 Å². The van der Waals surface area contributed by atoms with Crippen molar-refractivity contribution in [2.75, 3.05) is 17.7 Å². The van der Waals surface area contributed by atoms with Crippen molar-refractivity contribution in [2.45, 2.75) is 37.3 Å². The minimum atomic E-state index is -0.750. The zero-order valence-corrected chi connectivity index (χ0v) is 13.7. The van der Waals surface area contributed by atoms with Crippen LogP contribution in [0.3, 0.4) is 0 Å². The summed E-state index contributed by atoms with van der Waals surface area (Å²) in [5.74, 6) is -0.664. The molecule has 0 fully saturated rings. The van der Waals surface area contributed by atoms with Gasteiger partial charge in [0.25, 0.3) is 0 Å². The number of aromatic nitrogens is 1. The van der Waals surface area contributed by atoms with Gasteiger partial charge in [0, 0.05) is 30.0 Å². The molecule has 1 aromatic heterocycles. The third-order valence-corrected chi connectivity index (χ3v) is 4.03. The van der Waals surface area contributed by atoms with Crippen molar-refractivity contribution in [1.29, 1.82) is 0 Å². The normalized spacial score (nSPS) is 18.5. The average Bonchev–Trinajstić information content (AvgIpc) is 2.50. The summed E-state index contributed by atoms with van der Waals surface area (Å²) in [4.78, 5) is 29.9. The molecule has 1 N–H and O–H groups in total. The first-order valence-electron chi connectivity index (χ1n) is 6.73. The number of halogens is 1. The van der Waals surface area contributed by atoms with Gasteiger partial charge >= 0.3 is 6.09 Å². The van der Waals surface area contributed by atoms with Gasteiger partial charge in [-0.05, 0) is 20.8 Å². The number of nitrogens with zero attached hydrogens (tertiary/aromatic N) is 2. The highest BCUT2D eigenvalue weighted by Gasteiger charge is 2.31. The molecule has 22 heavy (non-hydrogen) atoms. The lowest BCUT2D eigenvalue weighted by Gasteiger charge is -2.24. The molecule has 2 amide bonds. The van der Waals surface area contributed by atoms with Crippen LogP contribution in [0, 0.1) is 5.95 Å². The van der Waals surface area contributed by atoms with E-state index in [1.165, 1.54) is 36.0 Å². The molecule has 0 aromatic carbocycles. The average molecular weight is 327 g/mol. The summed E-state index contributed by atoms with van der Waals surface area (Å²) < 4.78 is 18.4. The number of likely N-dealkylation sites (N-methyl/N-ethyl adjacent to an activating group) is 1. The lowest BCUT2D eigenvalue weighted by atomic mass is 10.2. The molecule has 8 heteroatoms. The van der Waals surface area contributed by atoms with Gasteiger partial charge in [-0.15, -0.1) is 11.8 Å². The van der Waals surface area contributed by atoms with Crippen molar-refractivity contribution in [3.05, 3.63) is 18.2 Å². The molecule has 0 saturated heterocycles. The lowest BCUT2D eigenvalue weighted by Crippen LogP contribution is -2.49. The molecule has 1 aromatic rings. The van der Waals surface area contributed by atoms with E-state index in [1.807, 2.05) is 0 Å². The second-order valence-electron chi connectivity index (χ2n) is 5.88. The van der Waals surface area contributed by atoms with E-state index in [-0.39, 0.29) is 5.91 Å². The molecular weight excluding hydrogens is 309 g/mol. The minimum absolute atomic E-state index is 0.322. The second-order valence-corrected chi connectivity index (χ2v) is 6.94. The zero-order chi connectivity index (χ0) is 16.5. The summed E-state index contributed by atoms with van der Waals surface area (Å²) in [6.45, 7) is 5.23. The molecule has 1 aliphatic rings. The van der Waals surface area contributed by atoms with Gasteiger partial charge in [0.05, 0.1) is 5.69 Å². The maximum atomic E-state index is 13.3. The molecule has 0 saturated carbocycles. The number of thioether (sulfide) groups is 1. The van der Waals surface area contributed by atoms with Gasteiger partial charge in [-0.3, -0.25) is 4.79 Å². The molecule has 120 valence electrons. The fourth-order valence-electron chi connectivity index (χ4n) is 1.93. The number of pyridine rings is 1. The highest BCUT2D eigenvalue weighted by molar-refractivity contribution is 7.99. The smallest absolute Gasteiger partial charge is 0.408 e. The van der Waals surface area contributed by atoms with Crippen molar-refractivity contribution >= 4 is 29.4 Å². The molecule has 2 heterocycles. The number of amides is 2. The van der Waals surface area contributed by atoms with E-state index in [4.69, 9.17) is 4.74 Å². The number of alkyl carbamates (subject to hydrolysis) is 1. The lowest BCUT2D eigenvalue weighted by molar-refractivity contribution is -0.119. The number of hydrogen-bond acceptors (Lipinski definition) is 5. The van der Waals surface area contributed by atoms with Gasteiger partial charge in [0.1, 0.15) is 11.6 Å². The maximum absolute atomic E-state index is 13.3. The Balaban J connectivity index is 2.15. The van der Waals surface area contributed by atoms with Crippen LogP contribution >= 0.6 is 11.8 Å². The molecule has 1 atom stereocenters. The summed E-state index contributed by atoms with van der Waals surface area (Å²) in [5, 5.41) is 2.56. The quantitative estimate of drug-likeness (QED) is 0.801. The summed E-state index contributed by atoms with van der Waals surface area (Å²) in [7, 11) is 1.54. The van der Waals surface area contributed by atoms with E-state index < -0.39 is 23.7 Å². The number of fused-ring (bicyclic) bond motifs is 1. The van der Waals surface area contributed by atoms with Crippen LogP contribution < -0.4 is 10.2 Å². The Kier molecular flexibility index (Phi) is 4.60. The van der Waals surface area contributed by atoms with Gasteiger partial charge in [0.2, 0.25) is 11.9 Å².